The molecule has 0 bridgehead atoms. The second-order valence-corrected chi connectivity index (χ2v) is 8.70. The number of rotatable bonds is 6. The Balaban J connectivity index is 1.22. The van der Waals surface area contributed by atoms with Gasteiger partial charge in [0.15, 0.2) is 5.65 Å². The molecule has 7 heteroatoms. The number of amides is 1. The number of pyridine rings is 1. The van der Waals surface area contributed by atoms with Crippen LogP contribution in [0.5, 0.6) is 0 Å². The number of carbonyl (C=O) groups is 1. The van der Waals surface area contributed by atoms with Crippen molar-refractivity contribution in [1.29, 1.82) is 0 Å². The number of carbonyl (C=O) groups excluding carboxylic acids is 1. The average Bonchev–Trinajstić information content (AvgIpc) is 2.96. The van der Waals surface area contributed by atoms with Crippen molar-refractivity contribution in [1.82, 2.24) is 14.5 Å². The molecule has 1 N–H and O–H groups in total. The van der Waals surface area contributed by atoms with E-state index in [1.165, 1.54) is 6.42 Å². The summed E-state index contributed by atoms with van der Waals surface area (Å²) >= 11 is 6.07. The van der Waals surface area contributed by atoms with E-state index < -0.39 is 0 Å². The molecule has 5 rings (SSSR count). The smallest absolute Gasteiger partial charge is 0.229 e. The molecule has 0 saturated heterocycles. The van der Waals surface area contributed by atoms with E-state index in [1.807, 2.05) is 10.6 Å². The molecule has 3 fully saturated rings. The number of aromatic nitrogens is 3. The fourth-order valence-electron chi connectivity index (χ4n) is 4.79. The highest BCUT2D eigenvalue weighted by Gasteiger charge is 2.53. The number of halogens is 1. The van der Waals surface area contributed by atoms with Gasteiger partial charge in [-0.3, -0.25) is 14.7 Å². The number of fused-ring (bicyclic) bond motifs is 2. The molecule has 0 aliphatic heterocycles. The first-order valence-electron chi connectivity index (χ1n) is 10.1. The minimum atomic E-state index is -0.0616. The minimum Gasteiger partial charge on any atom is -0.378 e. The molecular weight excluding hydrogens is 364 g/mol. The second kappa shape index (κ2) is 6.74. The molecule has 2 aromatic rings. The Kier molecular flexibility index (Phi) is 4.36. The zero-order valence-electron chi connectivity index (χ0n) is 15.5. The Bertz CT molecular complexity index is 866. The standard InChI is InChI=1S/C20H25ClN4O2/c1-11-14-9-13(10-15(11)14)27-8-7-18(26)24-20-22-16-5-6-17(21)23-19(16)25(20)12-3-2-4-12/h5-6,11-15H,2-4,7-10H2,1H3,(H,22,24,26)/t11-,13-,14?,15?. The fourth-order valence-corrected chi connectivity index (χ4v) is 4.93. The minimum absolute atomic E-state index is 0.0616. The molecule has 3 saturated carbocycles. The molecule has 2 atom stereocenters. The van der Waals surface area contributed by atoms with Gasteiger partial charge in [-0.15, -0.1) is 0 Å². The van der Waals surface area contributed by atoms with Crippen molar-refractivity contribution in [3.8, 4) is 0 Å². The number of hydrogen-bond acceptors (Lipinski definition) is 4. The number of ether oxygens (including phenoxy) is 1. The predicted octanol–water partition coefficient (Wildman–Crippen LogP) is 4.20. The van der Waals surface area contributed by atoms with Gasteiger partial charge in [0.05, 0.1) is 19.1 Å². The molecule has 0 aromatic carbocycles. The Morgan fingerprint density at radius 2 is 2.07 bits per heavy atom. The number of nitrogens with zero attached hydrogens (tertiary/aromatic N) is 3. The van der Waals surface area contributed by atoms with E-state index in [9.17, 15) is 4.79 Å². The normalized spacial score (nSPS) is 29.6. The third-order valence-corrected chi connectivity index (χ3v) is 6.92. The molecule has 0 radical (unpaired) electrons. The van der Waals surface area contributed by atoms with Crippen LogP contribution in [0.4, 0.5) is 5.95 Å². The molecule has 27 heavy (non-hydrogen) atoms. The van der Waals surface area contributed by atoms with Gasteiger partial charge >= 0.3 is 0 Å². The number of hydrogen-bond donors (Lipinski definition) is 1. The monoisotopic (exact) mass is 388 g/mol. The molecule has 2 unspecified atom stereocenters. The highest BCUT2D eigenvalue weighted by molar-refractivity contribution is 6.29. The van der Waals surface area contributed by atoms with Crippen LogP contribution in [0, 0.1) is 17.8 Å². The molecule has 3 aliphatic rings. The van der Waals surface area contributed by atoms with E-state index in [0.717, 1.165) is 54.6 Å². The molecule has 144 valence electrons. The third-order valence-electron chi connectivity index (χ3n) is 6.71. The van der Waals surface area contributed by atoms with Crippen molar-refractivity contribution in [2.24, 2.45) is 17.8 Å². The Labute approximate surface area is 163 Å². The summed E-state index contributed by atoms with van der Waals surface area (Å²) in [5, 5.41) is 3.41. The molecule has 2 aromatic heterocycles. The van der Waals surface area contributed by atoms with Gasteiger partial charge in [0.1, 0.15) is 10.7 Å². The zero-order chi connectivity index (χ0) is 18.5. The third kappa shape index (κ3) is 3.23. The lowest BCUT2D eigenvalue weighted by Gasteiger charge is -2.28. The van der Waals surface area contributed by atoms with E-state index in [1.54, 1.807) is 6.07 Å². The maximum absolute atomic E-state index is 12.4. The summed E-state index contributed by atoms with van der Waals surface area (Å²) in [6, 6.07) is 3.92. The average molecular weight is 389 g/mol. The first-order chi connectivity index (χ1) is 13.1. The Morgan fingerprint density at radius 3 is 2.78 bits per heavy atom. The maximum Gasteiger partial charge on any atom is 0.229 e. The highest BCUT2D eigenvalue weighted by Crippen LogP contribution is 2.57. The number of anilines is 1. The highest BCUT2D eigenvalue weighted by atomic mass is 35.5. The van der Waals surface area contributed by atoms with Crippen LogP contribution < -0.4 is 5.32 Å². The molecule has 6 nitrogen and oxygen atoms in total. The fraction of sp³-hybridized carbons (Fsp3) is 0.650. The number of nitrogens with one attached hydrogen (secondary N) is 1. The molecule has 3 aliphatic carbocycles. The topological polar surface area (TPSA) is 69.0 Å². The summed E-state index contributed by atoms with van der Waals surface area (Å²) in [4.78, 5) is 21.4. The maximum atomic E-state index is 12.4. The van der Waals surface area contributed by atoms with Crippen molar-refractivity contribution >= 4 is 34.6 Å². The van der Waals surface area contributed by atoms with Crippen LogP contribution in [-0.2, 0) is 9.53 Å². The van der Waals surface area contributed by atoms with Crippen molar-refractivity contribution in [3.63, 3.8) is 0 Å². The summed E-state index contributed by atoms with van der Waals surface area (Å²) in [6.07, 6.45) is 6.36. The first kappa shape index (κ1) is 17.4. The van der Waals surface area contributed by atoms with Gasteiger partial charge in [-0.25, -0.2) is 9.97 Å². The van der Waals surface area contributed by atoms with Crippen LogP contribution in [0.25, 0.3) is 11.2 Å². The SMILES string of the molecule is C[C@H]1C2C[C@H](OCCC(=O)Nc3nc4ccc(Cl)nc4n3C3CCC3)CC21. The van der Waals surface area contributed by atoms with Gasteiger partial charge < -0.3 is 4.74 Å². The molecule has 1 amide bonds. The van der Waals surface area contributed by atoms with E-state index in [-0.39, 0.29) is 5.91 Å². The van der Waals surface area contributed by atoms with Gasteiger partial charge in [0, 0.05) is 6.04 Å². The van der Waals surface area contributed by atoms with E-state index >= 15 is 0 Å². The quantitative estimate of drug-likeness (QED) is 0.753. The van der Waals surface area contributed by atoms with Crippen LogP contribution in [0.15, 0.2) is 12.1 Å². The van der Waals surface area contributed by atoms with Gasteiger partial charge in [-0.1, -0.05) is 18.5 Å². The molecular formula is C20H25ClN4O2. The Morgan fingerprint density at radius 1 is 1.30 bits per heavy atom. The first-order valence-corrected chi connectivity index (χ1v) is 10.4. The van der Waals surface area contributed by atoms with E-state index in [2.05, 4.69) is 22.2 Å². The van der Waals surface area contributed by atoms with Crippen LogP contribution >= 0.6 is 11.6 Å². The van der Waals surface area contributed by atoms with Gasteiger partial charge in [-0.05, 0) is 62.0 Å². The van der Waals surface area contributed by atoms with Crippen LogP contribution in [0.3, 0.4) is 0 Å². The van der Waals surface area contributed by atoms with Crippen molar-refractivity contribution in [2.45, 2.75) is 57.6 Å². The lowest BCUT2D eigenvalue weighted by molar-refractivity contribution is -0.117. The van der Waals surface area contributed by atoms with Crippen molar-refractivity contribution < 1.29 is 9.53 Å². The van der Waals surface area contributed by atoms with E-state index in [4.69, 9.17) is 16.3 Å². The van der Waals surface area contributed by atoms with Crippen LogP contribution in [0.1, 0.15) is 51.5 Å². The number of imidazole rings is 1. The second-order valence-electron chi connectivity index (χ2n) is 8.32. The summed E-state index contributed by atoms with van der Waals surface area (Å²) in [5.41, 5.74) is 1.51. The molecule has 2 heterocycles. The van der Waals surface area contributed by atoms with Crippen LogP contribution in [-0.4, -0.2) is 33.2 Å². The summed E-state index contributed by atoms with van der Waals surface area (Å²) in [5.74, 6) is 3.13. The van der Waals surface area contributed by atoms with E-state index in [0.29, 0.717) is 36.3 Å². The van der Waals surface area contributed by atoms with Gasteiger partial charge in [-0.2, -0.15) is 0 Å². The summed E-state index contributed by atoms with van der Waals surface area (Å²) in [7, 11) is 0. The Hall–Kier alpha value is -1.66. The van der Waals surface area contributed by atoms with Crippen molar-refractivity contribution in [3.05, 3.63) is 17.3 Å². The summed E-state index contributed by atoms with van der Waals surface area (Å²) in [6.45, 7) is 2.80. The zero-order valence-corrected chi connectivity index (χ0v) is 16.3. The lowest BCUT2D eigenvalue weighted by Crippen LogP contribution is -2.23. The van der Waals surface area contributed by atoms with Gasteiger partial charge in [0.25, 0.3) is 0 Å². The largest absolute Gasteiger partial charge is 0.378 e. The molecule has 0 spiro atoms. The van der Waals surface area contributed by atoms with Crippen LogP contribution in [0.2, 0.25) is 5.15 Å². The van der Waals surface area contributed by atoms with Gasteiger partial charge in [0.2, 0.25) is 11.9 Å². The summed E-state index contributed by atoms with van der Waals surface area (Å²) < 4.78 is 7.96. The van der Waals surface area contributed by atoms with Crippen molar-refractivity contribution in [2.75, 3.05) is 11.9 Å². The lowest BCUT2D eigenvalue weighted by atomic mass is 9.93. The predicted molar refractivity (Wildman–Crippen MR) is 104 cm³/mol.